The SMILES string of the molecule is CC(C)C[C@H](NC(=O)CC(NC(=O)c1cccc2c1CCCC2)c1cccc(Cl)c1)B1O[C@@H]2C[C@@H]3C[C@@H](C3(C)C)[C@]2(C)O1. The Morgan fingerprint density at radius 2 is 1.81 bits per heavy atom. The van der Waals surface area contributed by atoms with Crippen LogP contribution in [0.15, 0.2) is 42.5 Å². The number of hydrogen-bond acceptors (Lipinski definition) is 4. The van der Waals surface area contributed by atoms with Gasteiger partial charge in [0.15, 0.2) is 0 Å². The highest BCUT2D eigenvalue weighted by atomic mass is 35.5. The molecule has 1 aliphatic heterocycles. The van der Waals surface area contributed by atoms with Gasteiger partial charge in [-0.2, -0.15) is 0 Å². The molecule has 4 aliphatic carbocycles. The van der Waals surface area contributed by atoms with Crippen LogP contribution in [-0.2, 0) is 26.9 Å². The van der Waals surface area contributed by atoms with Crippen LogP contribution in [0.1, 0.15) is 106 Å². The molecule has 2 amide bonds. The summed E-state index contributed by atoms with van der Waals surface area (Å²) >= 11 is 6.36. The fraction of sp³-hybridized carbons (Fsp3) is 0.600. The monoisotopic (exact) mass is 604 g/mol. The average Bonchev–Trinajstić information content (AvgIpc) is 3.33. The van der Waals surface area contributed by atoms with Crippen molar-refractivity contribution in [1.82, 2.24) is 10.6 Å². The largest absolute Gasteiger partial charge is 0.481 e. The van der Waals surface area contributed by atoms with Crippen molar-refractivity contribution in [3.05, 3.63) is 69.7 Å². The Labute approximate surface area is 262 Å². The van der Waals surface area contributed by atoms with Gasteiger partial charge in [0.25, 0.3) is 5.91 Å². The van der Waals surface area contributed by atoms with Crippen LogP contribution < -0.4 is 10.6 Å². The summed E-state index contributed by atoms with van der Waals surface area (Å²) < 4.78 is 13.3. The van der Waals surface area contributed by atoms with Crippen LogP contribution in [-0.4, -0.2) is 36.6 Å². The summed E-state index contributed by atoms with van der Waals surface area (Å²) in [5, 5.41) is 7.02. The third-order valence-corrected chi connectivity index (χ3v) is 11.2. The number of halogens is 1. The molecule has 4 fully saturated rings. The molecule has 2 N–H and O–H groups in total. The molecule has 1 heterocycles. The van der Waals surface area contributed by atoms with Crippen molar-refractivity contribution in [3.8, 4) is 0 Å². The molecule has 2 bridgehead atoms. The van der Waals surface area contributed by atoms with Gasteiger partial charge in [0.1, 0.15) is 0 Å². The summed E-state index contributed by atoms with van der Waals surface area (Å²) in [7, 11) is -0.494. The minimum Gasteiger partial charge on any atom is -0.404 e. The normalized spacial score (nSPS) is 28.3. The van der Waals surface area contributed by atoms with Crippen LogP contribution in [0.4, 0.5) is 0 Å². The van der Waals surface area contributed by atoms with E-state index in [2.05, 4.69) is 51.3 Å². The number of amides is 2. The third kappa shape index (κ3) is 5.90. The number of nitrogens with one attached hydrogen (secondary N) is 2. The Morgan fingerprint density at radius 1 is 1.05 bits per heavy atom. The van der Waals surface area contributed by atoms with Crippen LogP contribution in [0.3, 0.4) is 0 Å². The molecule has 1 saturated heterocycles. The number of benzene rings is 2. The number of aryl methyl sites for hydroxylation is 1. The summed E-state index contributed by atoms with van der Waals surface area (Å²) in [6, 6.07) is 12.8. The number of carbonyl (C=O) groups is 2. The first kappa shape index (κ1) is 30.7. The van der Waals surface area contributed by atoms with Crippen LogP contribution in [0.2, 0.25) is 5.02 Å². The Morgan fingerprint density at radius 3 is 2.56 bits per heavy atom. The molecule has 43 heavy (non-hydrogen) atoms. The number of rotatable bonds is 9. The fourth-order valence-electron chi connectivity index (χ4n) is 8.47. The van der Waals surface area contributed by atoms with Crippen LogP contribution >= 0.6 is 11.6 Å². The van der Waals surface area contributed by atoms with E-state index in [0.29, 0.717) is 28.3 Å². The lowest BCUT2D eigenvalue weighted by Gasteiger charge is -2.64. The van der Waals surface area contributed by atoms with Gasteiger partial charge in [-0.05, 0) is 110 Å². The Kier molecular flexibility index (Phi) is 8.47. The second kappa shape index (κ2) is 11.9. The van der Waals surface area contributed by atoms with Crippen molar-refractivity contribution in [2.75, 3.05) is 0 Å². The molecule has 6 atom stereocenters. The van der Waals surface area contributed by atoms with Gasteiger partial charge in [0.2, 0.25) is 5.91 Å². The van der Waals surface area contributed by atoms with Crippen molar-refractivity contribution in [2.45, 2.75) is 110 Å². The number of fused-ring (bicyclic) bond motifs is 1. The van der Waals surface area contributed by atoms with E-state index in [0.717, 1.165) is 49.7 Å². The molecule has 7 rings (SSSR count). The molecule has 6 nitrogen and oxygen atoms in total. The summed E-state index contributed by atoms with van der Waals surface area (Å²) in [6.07, 6.45) is 7.19. The maximum atomic E-state index is 13.8. The van der Waals surface area contributed by atoms with Gasteiger partial charge < -0.3 is 19.9 Å². The summed E-state index contributed by atoms with van der Waals surface area (Å²) in [4.78, 5) is 27.5. The van der Waals surface area contributed by atoms with Gasteiger partial charge in [-0.3, -0.25) is 9.59 Å². The molecular formula is C35H46BClN2O4. The highest BCUT2D eigenvalue weighted by molar-refractivity contribution is 6.47. The maximum Gasteiger partial charge on any atom is 0.481 e. The first-order valence-electron chi connectivity index (χ1n) is 16.3. The van der Waals surface area contributed by atoms with Crippen LogP contribution in [0, 0.1) is 23.2 Å². The van der Waals surface area contributed by atoms with E-state index in [1.54, 1.807) is 6.07 Å². The lowest BCUT2D eigenvalue weighted by Crippen LogP contribution is -2.65. The first-order valence-corrected chi connectivity index (χ1v) is 16.6. The van der Waals surface area contributed by atoms with E-state index < -0.39 is 13.2 Å². The minimum absolute atomic E-state index is 0.0520. The molecular weight excluding hydrogens is 559 g/mol. The summed E-state index contributed by atoms with van der Waals surface area (Å²) in [6.45, 7) is 11.2. The molecule has 2 aromatic rings. The summed E-state index contributed by atoms with van der Waals surface area (Å²) in [5.41, 5.74) is 3.79. The molecule has 8 heteroatoms. The molecule has 3 saturated carbocycles. The maximum absolute atomic E-state index is 13.8. The lowest BCUT2D eigenvalue weighted by molar-refractivity contribution is -0.199. The van der Waals surface area contributed by atoms with Gasteiger partial charge >= 0.3 is 7.12 Å². The van der Waals surface area contributed by atoms with Crippen molar-refractivity contribution < 1.29 is 18.9 Å². The van der Waals surface area contributed by atoms with E-state index in [9.17, 15) is 9.59 Å². The first-order chi connectivity index (χ1) is 20.5. The van der Waals surface area contributed by atoms with Crippen molar-refractivity contribution >= 4 is 30.5 Å². The lowest BCUT2D eigenvalue weighted by atomic mass is 9.43. The number of hydrogen-bond donors (Lipinski definition) is 2. The van der Waals surface area contributed by atoms with E-state index >= 15 is 0 Å². The van der Waals surface area contributed by atoms with E-state index in [1.807, 2.05) is 30.3 Å². The Bertz CT molecular complexity index is 1380. The van der Waals surface area contributed by atoms with Crippen molar-refractivity contribution in [1.29, 1.82) is 0 Å². The average molecular weight is 605 g/mol. The van der Waals surface area contributed by atoms with Crippen molar-refractivity contribution in [2.24, 2.45) is 23.2 Å². The minimum atomic E-state index is -0.538. The van der Waals surface area contributed by atoms with E-state index in [-0.39, 0.29) is 41.3 Å². The zero-order chi connectivity index (χ0) is 30.5. The Hall–Kier alpha value is -2.35. The second-order valence-corrected chi connectivity index (χ2v) is 15.0. The predicted molar refractivity (Wildman–Crippen MR) is 171 cm³/mol. The quantitative estimate of drug-likeness (QED) is 0.306. The highest BCUT2D eigenvalue weighted by Gasteiger charge is 2.68. The van der Waals surface area contributed by atoms with Gasteiger partial charge in [0, 0.05) is 10.6 Å². The molecule has 0 radical (unpaired) electrons. The Balaban J connectivity index is 1.19. The molecule has 230 valence electrons. The topological polar surface area (TPSA) is 76.7 Å². The predicted octanol–water partition coefficient (Wildman–Crippen LogP) is 6.88. The standard InChI is InChI=1S/C35H46BClN2O4/c1-21(2)16-31(36-42-30-19-24-18-29(34(24,3)4)35(30,5)43-36)39-32(40)20-28(23-12-8-13-25(37)17-23)38-33(41)27-15-9-11-22-10-6-7-14-26(22)27/h8-9,11-13,15,17,21,24,28-31H,6-7,10,14,16,18-20H2,1-5H3,(H,38,41)(H,39,40)/t24-,28?,29-,30+,31-,35-/m0/s1. The van der Waals surface area contributed by atoms with Gasteiger partial charge in [-0.15, -0.1) is 0 Å². The van der Waals surface area contributed by atoms with Gasteiger partial charge in [0.05, 0.1) is 30.1 Å². The molecule has 1 unspecified atom stereocenters. The molecule has 2 aromatic carbocycles. The summed E-state index contributed by atoms with van der Waals surface area (Å²) in [5.74, 6) is 0.862. The van der Waals surface area contributed by atoms with Gasteiger partial charge in [-0.25, -0.2) is 0 Å². The molecule has 0 spiro atoms. The van der Waals surface area contributed by atoms with Gasteiger partial charge in [-0.1, -0.05) is 63.6 Å². The van der Waals surface area contributed by atoms with E-state index in [1.165, 1.54) is 12.0 Å². The van der Waals surface area contributed by atoms with Crippen molar-refractivity contribution in [3.63, 3.8) is 0 Å². The van der Waals surface area contributed by atoms with Crippen LogP contribution in [0.25, 0.3) is 0 Å². The van der Waals surface area contributed by atoms with E-state index in [4.69, 9.17) is 20.9 Å². The molecule has 5 aliphatic rings. The smallest absolute Gasteiger partial charge is 0.404 e. The fourth-order valence-corrected chi connectivity index (χ4v) is 8.67. The third-order valence-electron chi connectivity index (χ3n) is 11.0. The highest BCUT2D eigenvalue weighted by Crippen LogP contribution is 2.65. The second-order valence-electron chi connectivity index (χ2n) is 14.6. The van der Waals surface area contributed by atoms with Crippen LogP contribution in [0.5, 0.6) is 0 Å². The zero-order valence-electron chi connectivity index (χ0n) is 26.3. The zero-order valence-corrected chi connectivity index (χ0v) is 27.0. The number of carbonyl (C=O) groups excluding carboxylic acids is 2. The molecule has 0 aromatic heterocycles.